The molecule has 0 aromatic carbocycles. The number of aliphatic hydroxyl groups excluding tert-OH is 1. The lowest BCUT2D eigenvalue weighted by molar-refractivity contribution is -0.117. The van der Waals surface area contributed by atoms with Crippen molar-refractivity contribution in [3.05, 3.63) is 12.7 Å². The van der Waals surface area contributed by atoms with E-state index in [2.05, 4.69) is 11.9 Å². The lowest BCUT2D eigenvalue weighted by Gasteiger charge is -1.89. The van der Waals surface area contributed by atoms with E-state index in [1.807, 2.05) is 0 Å². The summed E-state index contributed by atoms with van der Waals surface area (Å²) in [5.41, 5.74) is 0. The van der Waals surface area contributed by atoms with Crippen molar-refractivity contribution in [3.8, 4) is 0 Å². The minimum atomic E-state index is -0.359. The van der Waals surface area contributed by atoms with Gasteiger partial charge in [0.1, 0.15) is 6.73 Å². The monoisotopic (exact) mass is 137 g/mol. The lowest BCUT2D eigenvalue weighted by Crippen LogP contribution is -2.20. The topological polar surface area (TPSA) is 49.3 Å². The molecule has 0 aromatic rings. The van der Waals surface area contributed by atoms with Crippen molar-refractivity contribution >= 4 is 18.3 Å². The molecule has 4 heteroatoms. The fourth-order valence-electron chi connectivity index (χ4n) is 0.150. The highest BCUT2D eigenvalue weighted by Crippen LogP contribution is 1.59. The highest BCUT2D eigenvalue weighted by molar-refractivity contribution is 5.86. The van der Waals surface area contributed by atoms with Gasteiger partial charge in [-0.1, -0.05) is 6.58 Å². The Morgan fingerprint density at radius 3 is 2.50 bits per heavy atom. The van der Waals surface area contributed by atoms with E-state index < -0.39 is 0 Å². The Bertz CT molecular complexity index is 84.1. The smallest absolute Gasteiger partial charge is 0.245 e. The Morgan fingerprint density at radius 1 is 1.88 bits per heavy atom. The fraction of sp³-hybridized carbons (Fsp3) is 0.250. The second kappa shape index (κ2) is 6.46. The van der Waals surface area contributed by atoms with Crippen LogP contribution in [-0.4, -0.2) is 17.7 Å². The van der Waals surface area contributed by atoms with E-state index in [9.17, 15) is 4.79 Å². The van der Waals surface area contributed by atoms with Gasteiger partial charge >= 0.3 is 0 Å². The standard InChI is InChI=1S/C4H7NO2.ClH/c1-2-4(7)5-3-6;/h2,6H,1,3H2,(H,5,7);1H. The van der Waals surface area contributed by atoms with Crippen molar-refractivity contribution in [3.63, 3.8) is 0 Å². The summed E-state index contributed by atoms with van der Waals surface area (Å²) in [5.74, 6) is -0.359. The average molecular weight is 138 g/mol. The van der Waals surface area contributed by atoms with E-state index in [0.717, 1.165) is 6.08 Å². The van der Waals surface area contributed by atoms with Crippen molar-refractivity contribution in [2.24, 2.45) is 0 Å². The first-order valence-corrected chi connectivity index (χ1v) is 1.82. The molecule has 3 nitrogen and oxygen atoms in total. The number of halogens is 1. The van der Waals surface area contributed by atoms with Crippen LogP contribution in [0, 0.1) is 0 Å². The van der Waals surface area contributed by atoms with E-state index in [1.165, 1.54) is 0 Å². The molecule has 48 valence electrons. The van der Waals surface area contributed by atoms with Gasteiger partial charge in [0.05, 0.1) is 0 Å². The Hall–Kier alpha value is -0.540. The van der Waals surface area contributed by atoms with Crippen molar-refractivity contribution in [2.45, 2.75) is 0 Å². The number of nitrogens with one attached hydrogen (secondary N) is 1. The molecule has 0 radical (unpaired) electrons. The van der Waals surface area contributed by atoms with Crippen LogP contribution >= 0.6 is 12.4 Å². The van der Waals surface area contributed by atoms with Gasteiger partial charge in [0.15, 0.2) is 0 Å². The first-order chi connectivity index (χ1) is 3.31. The summed E-state index contributed by atoms with van der Waals surface area (Å²) < 4.78 is 0. The van der Waals surface area contributed by atoms with Crippen LogP contribution in [0.3, 0.4) is 0 Å². The third kappa shape index (κ3) is 5.46. The summed E-state index contributed by atoms with van der Waals surface area (Å²) in [5, 5.41) is 10.1. The zero-order valence-corrected chi connectivity index (χ0v) is 5.07. The Balaban J connectivity index is 0. The third-order valence-corrected chi connectivity index (χ3v) is 0.439. The van der Waals surface area contributed by atoms with Gasteiger partial charge in [-0.25, -0.2) is 0 Å². The zero-order chi connectivity index (χ0) is 5.70. The molecular formula is C4H8ClNO2. The van der Waals surface area contributed by atoms with Gasteiger partial charge in [-0.05, 0) is 6.08 Å². The molecule has 0 spiro atoms. The zero-order valence-electron chi connectivity index (χ0n) is 4.26. The van der Waals surface area contributed by atoms with Crippen LogP contribution in [0.4, 0.5) is 0 Å². The van der Waals surface area contributed by atoms with Crippen LogP contribution in [-0.2, 0) is 4.79 Å². The number of aliphatic hydroxyl groups is 1. The van der Waals surface area contributed by atoms with Gasteiger partial charge < -0.3 is 10.4 Å². The molecule has 0 unspecified atom stereocenters. The van der Waals surface area contributed by atoms with E-state index >= 15 is 0 Å². The van der Waals surface area contributed by atoms with Gasteiger partial charge in [-0.2, -0.15) is 0 Å². The number of carbonyl (C=O) groups excluding carboxylic acids is 1. The molecule has 1 amide bonds. The molecule has 0 bridgehead atoms. The molecule has 0 aromatic heterocycles. The summed E-state index contributed by atoms with van der Waals surface area (Å²) >= 11 is 0. The first kappa shape index (κ1) is 10.4. The molecule has 0 aliphatic heterocycles. The minimum absolute atomic E-state index is 0. The van der Waals surface area contributed by atoms with Crippen molar-refractivity contribution in [1.82, 2.24) is 5.32 Å². The molecular weight excluding hydrogens is 130 g/mol. The van der Waals surface area contributed by atoms with Gasteiger partial charge in [0.2, 0.25) is 5.91 Å². The second-order valence-electron chi connectivity index (χ2n) is 0.903. The van der Waals surface area contributed by atoms with E-state index in [1.54, 1.807) is 0 Å². The Kier molecular flexibility index (Phi) is 8.43. The van der Waals surface area contributed by atoms with Gasteiger partial charge in [-0.15, -0.1) is 12.4 Å². The maximum Gasteiger partial charge on any atom is 0.245 e. The van der Waals surface area contributed by atoms with Crippen LogP contribution in [0.25, 0.3) is 0 Å². The summed E-state index contributed by atoms with van der Waals surface area (Å²) in [6.45, 7) is 2.83. The summed E-state index contributed by atoms with van der Waals surface area (Å²) in [6.07, 6.45) is 1.09. The van der Waals surface area contributed by atoms with Crippen molar-refractivity contribution < 1.29 is 9.90 Å². The van der Waals surface area contributed by atoms with Crippen LogP contribution in [0.2, 0.25) is 0 Å². The minimum Gasteiger partial charge on any atom is -0.376 e. The van der Waals surface area contributed by atoms with Crippen LogP contribution in [0.5, 0.6) is 0 Å². The predicted molar refractivity (Wildman–Crippen MR) is 32.7 cm³/mol. The molecule has 0 fully saturated rings. The van der Waals surface area contributed by atoms with Crippen LogP contribution in [0.15, 0.2) is 12.7 Å². The maximum atomic E-state index is 10.0. The number of amides is 1. The second-order valence-corrected chi connectivity index (χ2v) is 0.903. The number of carbonyl (C=O) groups is 1. The normalized spacial score (nSPS) is 6.62. The first-order valence-electron chi connectivity index (χ1n) is 1.82. The fourth-order valence-corrected chi connectivity index (χ4v) is 0.150. The van der Waals surface area contributed by atoms with Gasteiger partial charge in [0, 0.05) is 0 Å². The molecule has 0 saturated heterocycles. The maximum absolute atomic E-state index is 10.0. The number of rotatable bonds is 2. The molecule has 8 heavy (non-hydrogen) atoms. The van der Waals surface area contributed by atoms with E-state index in [0.29, 0.717) is 0 Å². The molecule has 0 saturated carbocycles. The van der Waals surface area contributed by atoms with E-state index in [-0.39, 0.29) is 25.0 Å². The Labute approximate surface area is 53.8 Å². The molecule has 2 N–H and O–H groups in total. The highest BCUT2D eigenvalue weighted by atomic mass is 35.5. The average Bonchev–Trinajstić information content (AvgIpc) is 1.68. The predicted octanol–water partition coefficient (Wildman–Crippen LogP) is -0.340. The molecule has 0 aliphatic carbocycles. The summed E-state index contributed by atoms with van der Waals surface area (Å²) in [4.78, 5) is 10.0. The van der Waals surface area contributed by atoms with Crippen LogP contribution < -0.4 is 5.32 Å². The van der Waals surface area contributed by atoms with Crippen molar-refractivity contribution in [2.75, 3.05) is 6.73 Å². The molecule has 0 aliphatic rings. The Morgan fingerprint density at radius 2 is 2.38 bits per heavy atom. The molecule has 0 atom stereocenters. The number of hydrogen-bond acceptors (Lipinski definition) is 2. The SMILES string of the molecule is C=CC(=O)NCO.Cl. The largest absolute Gasteiger partial charge is 0.376 e. The van der Waals surface area contributed by atoms with E-state index in [4.69, 9.17) is 5.11 Å². The summed E-state index contributed by atoms with van der Waals surface area (Å²) in [6, 6.07) is 0. The number of hydrogen-bond donors (Lipinski definition) is 2. The molecule has 0 heterocycles. The highest BCUT2D eigenvalue weighted by Gasteiger charge is 1.84. The quantitative estimate of drug-likeness (QED) is 0.404. The third-order valence-electron chi connectivity index (χ3n) is 0.439. The van der Waals surface area contributed by atoms with Gasteiger partial charge in [-0.3, -0.25) is 4.79 Å². The lowest BCUT2D eigenvalue weighted by atomic mass is 10.6. The van der Waals surface area contributed by atoms with Crippen molar-refractivity contribution in [1.29, 1.82) is 0 Å². The summed E-state index contributed by atoms with van der Waals surface area (Å²) in [7, 11) is 0. The van der Waals surface area contributed by atoms with Gasteiger partial charge in [0.25, 0.3) is 0 Å². The molecule has 0 rings (SSSR count). The van der Waals surface area contributed by atoms with Crippen LogP contribution in [0.1, 0.15) is 0 Å².